The Bertz CT molecular complexity index is 466. The number of ether oxygens (including phenoxy) is 2. The molecule has 116 valence electrons. The largest absolute Gasteiger partial charge is 0.493 e. The van der Waals surface area contributed by atoms with Crippen molar-refractivity contribution in [2.75, 3.05) is 6.61 Å². The zero-order valence-corrected chi connectivity index (χ0v) is 13.5. The van der Waals surface area contributed by atoms with E-state index in [1.807, 2.05) is 25.1 Å². The van der Waals surface area contributed by atoms with E-state index < -0.39 is 6.10 Å². The van der Waals surface area contributed by atoms with Crippen molar-refractivity contribution in [3.63, 3.8) is 0 Å². The highest BCUT2D eigenvalue weighted by Gasteiger charge is 2.12. The Balaban J connectivity index is 2.91. The van der Waals surface area contributed by atoms with Crippen molar-refractivity contribution in [2.24, 2.45) is 0 Å². The van der Waals surface area contributed by atoms with Crippen molar-refractivity contribution >= 4 is 0 Å². The lowest BCUT2D eigenvalue weighted by Gasteiger charge is -2.17. The van der Waals surface area contributed by atoms with Crippen molar-refractivity contribution < 1.29 is 9.47 Å². The molecule has 0 spiro atoms. The summed E-state index contributed by atoms with van der Waals surface area (Å²) < 4.78 is 11.5. The number of rotatable bonds is 9. The van der Waals surface area contributed by atoms with Gasteiger partial charge in [-0.3, -0.25) is 0 Å². The minimum absolute atomic E-state index is 0.395. The minimum atomic E-state index is -0.427. The maximum Gasteiger partial charge on any atom is 0.184 e. The van der Waals surface area contributed by atoms with Gasteiger partial charge in [0.05, 0.1) is 6.61 Å². The van der Waals surface area contributed by atoms with E-state index in [4.69, 9.17) is 14.7 Å². The van der Waals surface area contributed by atoms with Crippen LogP contribution >= 0.6 is 0 Å². The fraction of sp³-hybridized carbons (Fsp3) is 0.588. The molecule has 4 nitrogen and oxygen atoms in total. The molecule has 0 fully saturated rings. The second-order valence-electron chi connectivity index (χ2n) is 5.30. The van der Waals surface area contributed by atoms with E-state index in [0.29, 0.717) is 25.6 Å². The van der Waals surface area contributed by atoms with Crippen molar-refractivity contribution in [3.05, 3.63) is 23.8 Å². The molecule has 21 heavy (non-hydrogen) atoms. The molecule has 1 rings (SSSR count). The van der Waals surface area contributed by atoms with Gasteiger partial charge >= 0.3 is 0 Å². The molecule has 1 unspecified atom stereocenters. The molecule has 0 radical (unpaired) electrons. The van der Waals surface area contributed by atoms with Gasteiger partial charge < -0.3 is 14.8 Å². The summed E-state index contributed by atoms with van der Waals surface area (Å²) in [5, 5.41) is 12.5. The third kappa shape index (κ3) is 6.05. The van der Waals surface area contributed by atoms with E-state index in [1.54, 1.807) is 0 Å². The van der Waals surface area contributed by atoms with Crippen molar-refractivity contribution in [3.8, 4) is 17.6 Å². The van der Waals surface area contributed by atoms with Crippen LogP contribution in [0.2, 0.25) is 0 Å². The molecule has 0 saturated carbocycles. The van der Waals surface area contributed by atoms with Crippen LogP contribution in [0.15, 0.2) is 18.2 Å². The number of nitrogens with zero attached hydrogens (tertiary/aromatic N) is 1. The number of benzene rings is 1. The van der Waals surface area contributed by atoms with Crippen LogP contribution < -0.4 is 14.8 Å². The van der Waals surface area contributed by atoms with E-state index in [1.165, 1.54) is 0 Å². The highest BCUT2D eigenvalue weighted by Crippen LogP contribution is 2.26. The SMILES string of the molecule is CCCOc1ccc(CNC(C)C)c(OC(C#N)CC)c1. The normalized spacial score (nSPS) is 12.0. The molecule has 1 aromatic carbocycles. The molecule has 0 aromatic heterocycles. The van der Waals surface area contributed by atoms with Crippen molar-refractivity contribution in [1.29, 1.82) is 5.26 Å². The van der Waals surface area contributed by atoms with Crippen LogP contribution in [0.5, 0.6) is 11.5 Å². The molecule has 1 atom stereocenters. The van der Waals surface area contributed by atoms with E-state index >= 15 is 0 Å². The summed E-state index contributed by atoms with van der Waals surface area (Å²) in [6.45, 7) is 9.60. The fourth-order valence-corrected chi connectivity index (χ4v) is 1.77. The van der Waals surface area contributed by atoms with E-state index in [0.717, 1.165) is 23.5 Å². The molecule has 0 aliphatic rings. The average molecular weight is 290 g/mol. The van der Waals surface area contributed by atoms with Crippen molar-refractivity contribution in [1.82, 2.24) is 5.32 Å². The van der Waals surface area contributed by atoms with Crippen LogP contribution in [-0.4, -0.2) is 18.8 Å². The molecule has 1 aromatic rings. The molecule has 0 heterocycles. The molecule has 1 N–H and O–H groups in total. The van der Waals surface area contributed by atoms with Gasteiger partial charge in [0, 0.05) is 24.2 Å². The number of hydrogen-bond donors (Lipinski definition) is 1. The van der Waals surface area contributed by atoms with Crippen LogP contribution in [0.25, 0.3) is 0 Å². The van der Waals surface area contributed by atoms with Gasteiger partial charge in [0.15, 0.2) is 6.10 Å². The Morgan fingerprint density at radius 1 is 1.29 bits per heavy atom. The topological polar surface area (TPSA) is 54.3 Å². The third-order valence-corrected chi connectivity index (χ3v) is 3.00. The van der Waals surface area contributed by atoms with Gasteiger partial charge in [0.25, 0.3) is 0 Å². The summed E-state index contributed by atoms with van der Waals surface area (Å²) in [6, 6.07) is 8.40. The Morgan fingerprint density at radius 2 is 2.05 bits per heavy atom. The number of hydrogen-bond acceptors (Lipinski definition) is 4. The van der Waals surface area contributed by atoms with Gasteiger partial charge in [-0.15, -0.1) is 0 Å². The molecule has 4 heteroatoms. The summed E-state index contributed by atoms with van der Waals surface area (Å²) in [6.07, 6.45) is 1.19. The van der Waals surface area contributed by atoms with Crippen LogP contribution in [0.3, 0.4) is 0 Å². The first-order valence-corrected chi connectivity index (χ1v) is 7.66. The first-order valence-electron chi connectivity index (χ1n) is 7.66. The van der Waals surface area contributed by atoms with Gasteiger partial charge in [-0.2, -0.15) is 5.26 Å². The molecule has 0 aliphatic carbocycles. The predicted molar refractivity (Wildman–Crippen MR) is 84.5 cm³/mol. The molecular formula is C17H26N2O2. The zero-order chi connectivity index (χ0) is 15.7. The van der Waals surface area contributed by atoms with E-state index in [2.05, 4.69) is 32.2 Å². The Labute approximate surface area is 128 Å². The predicted octanol–water partition coefficient (Wildman–Crippen LogP) is 3.65. The van der Waals surface area contributed by atoms with E-state index in [-0.39, 0.29) is 0 Å². The lowest BCUT2D eigenvalue weighted by Crippen LogP contribution is -2.23. The maximum atomic E-state index is 9.09. The first-order chi connectivity index (χ1) is 10.1. The molecule has 0 aliphatic heterocycles. The van der Waals surface area contributed by atoms with Crippen LogP contribution in [0, 0.1) is 11.3 Å². The smallest absolute Gasteiger partial charge is 0.184 e. The second-order valence-corrected chi connectivity index (χ2v) is 5.30. The standard InChI is InChI=1S/C17H26N2O2/c1-5-9-20-16-8-7-14(12-19-13(3)4)17(10-16)21-15(6-2)11-18/h7-8,10,13,15,19H,5-6,9,12H2,1-4H3. The highest BCUT2D eigenvalue weighted by molar-refractivity contribution is 5.41. The summed E-state index contributed by atoms with van der Waals surface area (Å²) in [7, 11) is 0. The summed E-state index contributed by atoms with van der Waals surface area (Å²) >= 11 is 0. The van der Waals surface area contributed by atoms with E-state index in [9.17, 15) is 0 Å². The second kappa shape index (κ2) is 9.25. The summed E-state index contributed by atoms with van der Waals surface area (Å²) in [5.74, 6) is 1.51. The van der Waals surface area contributed by atoms with Crippen molar-refractivity contribution in [2.45, 2.75) is 59.2 Å². The Morgan fingerprint density at radius 3 is 2.62 bits per heavy atom. The molecule has 0 bridgehead atoms. The van der Waals surface area contributed by atoms with Gasteiger partial charge in [0.2, 0.25) is 0 Å². The Kier molecular flexibility index (Phi) is 7.63. The molecule has 0 amide bonds. The number of nitriles is 1. The highest BCUT2D eigenvalue weighted by atomic mass is 16.5. The third-order valence-electron chi connectivity index (χ3n) is 3.00. The van der Waals surface area contributed by atoms with Gasteiger partial charge in [-0.05, 0) is 18.9 Å². The van der Waals surface area contributed by atoms with Gasteiger partial charge in [-0.25, -0.2) is 0 Å². The Hall–Kier alpha value is -1.73. The number of nitrogens with one attached hydrogen (secondary N) is 1. The minimum Gasteiger partial charge on any atom is -0.493 e. The van der Waals surface area contributed by atoms with Crippen LogP contribution in [0.4, 0.5) is 0 Å². The monoisotopic (exact) mass is 290 g/mol. The summed E-state index contributed by atoms with van der Waals surface area (Å²) in [4.78, 5) is 0. The van der Waals surface area contributed by atoms with Crippen LogP contribution in [0.1, 0.15) is 46.1 Å². The zero-order valence-electron chi connectivity index (χ0n) is 13.5. The fourth-order valence-electron chi connectivity index (χ4n) is 1.77. The van der Waals surface area contributed by atoms with Gasteiger partial charge in [-0.1, -0.05) is 33.8 Å². The quantitative estimate of drug-likeness (QED) is 0.754. The lowest BCUT2D eigenvalue weighted by atomic mass is 10.1. The van der Waals surface area contributed by atoms with Gasteiger partial charge in [0.1, 0.15) is 17.6 Å². The average Bonchev–Trinajstić information content (AvgIpc) is 2.49. The molecule has 0 saturated heterocycles. The lowest BCUT2D eigenvalue weighted by molar-refractivity contribution is 0.246. The van der Waals surface area contributed by atoms with Crippen LogP contribution in [-0.2, 0) is 6.54 Å². The molecular weight excluding hydrogens is 264 g/mol. The maximum absolute atomic E-state index is 9.09. The summed E-state index contributed by atoms with van der Waals surface area (Å²) in [5.41, 5.74) is 1.04. The first kappa shape index (κ1) is 17.3.